The molecule has 0 bridgehead atoms. The van der Waals surface area contributed by atoms with Crippen LogP contribution >= 0.6 is 0 Å². The molecule has 1 N–H and O–H groups in total. The summed E-state index contributed by atoms with van der Waals surface area (Å²) in [5.74, 6) is 2.00. The van der Waals surface area contributed by atoms with Crippen molar-refractivity contribution in [1.29, 1.82) is 0 Å². The van der Waals surface area contributed by atoms with Gasteiger partial charge in [0.25, 0.3) is 0 Å². The average Bonchev–Trinajstić information content (AvgIpc) is 4.11. The van der Waals surface area contributed by atoms with Crippen LogP contribution in [0.3, 0.4) is 0 Å². The predicted octanol–water partition coefficient (Wildman–Crippen LogP) is 7.59. The molecule has 0 aromatic heterocycles. The van der Waals surface area contributed by atoms with Crippen LogP contribution in [-0.4, -0.2) is 70.2 Å². The highest BCUT2D eigenvalue weighted by atomic mass is 16.6. The monoisotopic (exact) mass is 672 g/mol. The van der Waals surface area contributed by atoms with Gasteiger partial charge in [0.15, 0.2) is 0 Å². The molecule has 2 atom stereocenters. The molecule has 2 unspecified atom stereocenters. The molecule has 0 saturated carbocycles. The first kappa shape index (κ1) is 33.8. The normalized spacial score (nSPS) is 17.5. The second-order valence-corrected chi connectivity index (χ2v) is 12.7. The van der Waals surface area contributed by atoms with Crippen molar-refractivity contribution in [3.63, 3.8) is 0 Å². The average molecular weight is 673 g/mol. The number of aromatic hydroxyl groups is 1. The molecule has 5 aromatic rings. The lowest BCUT2D eigenvalue weighted by molar-refractivity contribution is 0.0878. The third-order valence-electron chi connectivity index (χ3n) is 9.28. The van der Waals surface area contributed by atoms with Crippen molar-refractivity contribution in [1.82, 2.24) is 0 Å². The van der Waals surface area contributed by atoms with Crippen LogP contribution in [-0.2, 0) is 30.8 Å². The van der Waals surface area contributed by atoms with Crippen molar-refractivity contribution >= 4 is 0 Å². The maximum Gasteiger partial charge on any atom is 0.119 e. The van der Waals surface area contributed by atoms with Gasteiger partial charge in [-0.05, 0) is 81.8 Å². The minimum absolute atomic E-state index is 0.268. The Kier molecular flexibility index (Phi) is 10.8. The molecule has 0 amide bonds. The molecule has 0 radical (unpaired) electrons. The van der Waals surface area contributed by atoms with Gasteiger partial charge in [-0.1, -0.05) is 91.9 Å². The minimum atomic E-state index is -0.467. The number of epoxide rings is 2. The number of benzene rings is 5. The smallest absolute Gasteiger partial charge is 0.119 e. The van der Waals surface area contributed by atoms with Crippen molar-refractivity contribution in [2.45, 2.75) is 31.0 Å². The molecule has 258 valence electrons. The van der Waals surface area contributed by atoms with E-state index in [1.54, 1.807) is 12.1 Å². The van der Waals surface area contributed by atoms with Crippen molar-refractivity contribution in [3.8, 4) is 28.4 Å². The Morgan fingerprint density at radius 3 is 1.44 bits per heavy atom. The standard InChI is InChI=1S/C35H34O6.C8H10O/c1-3-7-33-31(5-1)32-6-2-4-8-34(32)35(33,25-9-13-27(14-10-25)38-19-17-36-21-29-23-40-29)26-11-15-28(16-12-26)39-20-18-37-22-30-24-41-30;1-2-7-3-5-8(9)6-4-7/h1-16,29-30H,17-24H2;3-6,9H,2H2,1H3. The van der Waals surface area contributed by atoms with E-state index in [-0.39, 0.29) is 12.2 Å². The van der Waals surface area contributed by atoms with Gasteiger partial charge in [0, 0.05) is 0 Å². The van der Waals surface area contributed by atoms with Gasteiger partial charge in [-0.2, -0.15) is 0 Å². The van der Waals surface area contributed by atoms with E-state index >= 15 is 0 Å². The third-order valence-corrected chi connectivity index (χ3v) is 9.28. The summed E-state index contributed by atoms with van der Waals surface area (Å²) in [5.41, 5.74) is 8.24. The second-order valence-electron chi connectivity index (χ2n) is 12.7. The molecular weight excluding hydrogens is 628 g/mol. The molecule has 2 fully saturated rings. The summed E-state index contributed by atoms with van der Waals surface area (Å²) < 4.78 is 33.6. The van der Waals surface area contributed by atoms with Crippen molar-refractivity contribution in [2.75, 3.05) is 52.9 Å². The van der Waals surface area contributed by atoms with Gasteiger partial charge in [-0.3, -0.25) is 0 Å². The van der Waals surface area contributed by atoms with Gasteiger partial charge in [-0.25, -0.2) is 0 Å². The SMILES string of the molecule is CCc1ccc(O)cc1.c1ccc2c(c1)-c1ccccc1C2(c1ccc(OCCOCC2CO2)cc1)c1ccc(OCCOCC2CO2)cc1. The van der Waals surface area contributed by atoms with Crippen molar-refractivity contribution in [2.24, 2.45) is 0 Å². The Labute approximate surface area is 294 Å². The fourth-order valence-corrected chi connectivity index (χ4v) is 6.55. The Morgan fingerprint density at radius 1 is 0.580 bits per heavy atom. The zero-order valence-electron chi connectivity index (χ0n) is 28.5. The highest BCUT2D eigenvalue weighted by Gasteiger charge is 2.45. The number of aryl methyl sites for hydroxylation is 1. The highest BCUT2D eigenvalue weighted by molar-refractivity contribution is 5.86. The Bertz CT molecular complexity index is 1700. The lowest BCUT2D eigenvalue weighted by atomic mass is 9.68. The molecule has 7 nitrogen and oxygen atoms in total. The van der Waals surface area contributed by atoms with E-state index in [9.17, 15) is 0 Å². The van der Waals surface area contributed by atoms with E-state index in [4.69, 9.17) is 33.5 Å². The molecule has 3 aliphatic rings. The quantitative estimate of drug-likeness (QED) is 0.0889. The van der Waals surface area contributed by atoms with Gasteiger partial charge >= 0.3 is 0 Å². The first-order valence-electron chi connectivity index (χ1n) is 17.5. The van der Waals surface area contributed by atoms with E-state index in [0.29, 0.717) is 45.4 Å². The first-order chi connectivity index (χ1) is 24.6. The van der Waals surface area contributed by atoms with Crippen LogP contribution in [0, 0.1) is 0 Å². The number of phenolic OH excluding ortho intramolecular Hbond substituents is 1. The van der Waals surface area contributed by atoms with Gasteiger partial charge < -0.3 is 33.5 Å². The number of hydrogen-bond donors (Lipinski definition) is 1. The van der Waals surface area contributed by atoms with Crippen LogP contribution in [0.5, 0.6) is 17.2 Å². The first-order valence-corrected chi connectivity index (χ1v) is 17.5. The minimum Gasteiger partial charge on any atom is -0.508 e. The van der Waals surface area contributed by atoms with E-state index in [0.717, 1.165) is 31.1 Å². The van der Waals surface area contributed by atoms with Crippen LogP contribution < -0.4 is 9.47 Å². The van der Waals surface area contributed by atoms with E-state index in [1.807, 2.05) is 12.1 Å². The summed E-state index contributed by atoms with van der Waals surface area (Å²) in [6.45, 7) is 7.06. The molecule has 2 heterocycles. The molecule has 2 saturated heterocycles. The highest BCUT2D eigenvalue weighted by Crippen LogP contribution is 2.56. The van der Waals surface area contributed by atoms with Gasteiger partial charge in [0.05, 0.1) is 45.1 Å². The molecule has 5 aromatic carbocycles. The Morgan fingerprint density at radius 2 is 1.02 bits per heavy atom. The van der Waals surface area contributed by atoms with Gasteiger partial charge in [0.1, 0.15) is 42.7 Å². The summed E-state index contributed by atoms with van der Waals surface area (Å²) >= 11 is 0. The van der Waals surface area contributed by atoms with Crippen LogP contribution in [0.4, 0.5) is 0 Å². The summed E-state index contributed by atoms with van der Waals surface area (Å²) in [4.78, 5) is 0. The molecule has 50 heavy (non-hydrogen) atoms. The molecule has 8 rings (SSSR count). The zero-order valence-corrected chi connectivity index (χ0v) is 28.5. The molecule has 7 heteroatoms. The van der Waals surface area contributed by atoms with Crippen LogP contribution in [0.2, 0.25) is 0 Å². The maximum atomic E-state index is 8.85. The van der Waals surface area contributed by atoms with Crippen molar-refractivity contribution in [3.05, 3.63) is 149 Å². The summed E-state index contributed by atoms with van der Waals surface area (Å²) in [5, 5.41) is 8.85. The summed E-state index contributed by atoms with van der Waals surface area (Å²) in [6.07, 6.45) is 1.56. The Balaban J connectivity index is 0.000000381. The molecule has 2 aliphatic heterocycles. The number of phenols is 1. The lowest BCUT2D eigenvalue weighted by Crippen LogP contribution is -2.28. The maximum absolute atomic E-state index is 8.85. The summed E-state index contributed by atoms with van der Waals surface area (Å²) in [6, 6.07) is 41.8. The number of fused-ring (bicyclic) bond motifs is 3. The molecular formula is C43H44O7. The fourth-order valence-electron chi connectivity index (χ4n) is 6.55. The van der Waals surface area contributed by atoms with Gasteiger partial charge in [-0.15, -0.1) is 0 Å². The fraction of sp³-hybridized carbons (Fsp3) is 0.302. The van der Waals surface area contributed by atoms with Crippen LogP contribution in [0.1, 0.15) is 34.7 Å². The largest absolute Gasteiger partial charge is 0.508 e. The second kappa shape index (κ2) is 15.9. The molecule has 0 spiro atoms. The topological polar surface area (TPSA) is 82.2 Å². The Hall–Kier alpha value is -4.66. The van der Waals surface area contributed by atoms with E-state index in [2.05, 4.69) is 104 Å². The number of rotatable bonds is 15. The number of hydrogen-bond acceptors (Lipinski definition) is 7. The third kappa shape index (κ3) is 7.87. The van der Waals surface area contributed by atoms with Crippen molar-refractivity contribution < 1.29 is 33.5 Å². The summed E-state index contributed by atoms with van der Waals surface area (Å²) in [7, 11) is 0. The predicted molar refractivity (Wildman–Crippen MR) is 193 cm³/mol. The zero-order chi connectivity index (χ0) is 34.2. The van der Waals surface area contributed by atoms with Crippen LogP contribution in [0.15, 0.2) is 121 Å². The van der Waals surface area contributed by atoms with E-state index in [1.165, 1.54) is 38.9 Å². The molecule has 1 aliphatic carbocycles. The lowest BCUT2D eigenvalue weighted by Gasteiger charge is -2.34. The van der Waals surface area contributed by atoms with E-state index < -0.39 is 5.41 Å². The van der Waals surface area contributed by atoms with Gasteiger partial charge in [0.2, 0.25) is 0 Å². The number of ether oxygens (including phenoxy) is 6. The van der Waals surface area contributed by atoms with Crippen LogP contribution in [0.25, 0.3) is 11.1 Å².